The Balaban J connectivity index is 1.80. The first kappa shape index (κ1) is 22.9. The summed E-state index contributed by atoms with van der Waals surface area (Å²) in [6, 6.07) is 19.0. The summed E-state index contributed by atoms with van der Waals surface area (Å²) in [6.45, 7) is 4.26. The average molecular weight is 457 g/mol. The smallest absolute Gasteiger partial charge is 0.160 e. The second-order valence-electron chi connectivity index (χ2n) is 7.87. The molecule has 0 amide bonds. The van der Waals surface area contributed by atoms with Gasteiger partial charge in [-0.25, -0.2) is 0 Å². The Labute approximate surface area is 201 Å². The molecular formula is C28H19N5O2. The number of fused-ring (bicyclic) bond motifs is 3. The van der Waals surface area contributed by atoms with Crippen molar-refractivity contribution < 1.29 is 8.83 Å². The SMILES string of the molecule is CCC(C)n1c2cc(-c3ccc(C=C(C#N)C#N)o3)ccc2c2oc(/C=C/C=C(C#N)C#N)cc21. The number of aromatic nitrogens is 1. The average Bonchev–Trinajstić information content (AvgIpc) is 3.58. The minimum Gasteiger partial charge on any atom is -0.457 e. The zero-order valence-corrected chi connectivity index (χ0v) is 19.1. The van der Waals surface area contributed by atoms with Crippen LogP contribution in [-0.2, 0) is 0 Å². The highest BCUT2D eigenvalue weighted by Gasteiger charge is 2.19. The first-order chi connectivity index (χ1) is 17.0. The van der Waals surface area contributed by atoms with Gasteiger partial charge in [0.2, 0.25) is 0 Å². The molecule has 0 bridgehead atoms. The molecule has 3 aromatic heterocycles. The standard InChI is InChI=1S/C28H19N5O2/c1-3-18(2)33-25-12-21(27-10-8-23(34-27)11-20(16-31)17-32)7-9-24(25)28-26(33)13-22(35-28)6-4-5-19(14-29)15-30/h4-13,18H,3H2,1-2H3/b6-4+. The maximum Gasteiger partial charge on any atom is 0.160 e. The van der Waals surface area contributed by atoms with Crippen molar-refractivity contribution in [3.63, 3.8) is 0 Å². The number of furan rings is 2. The zero-order valence-electron chi connectivity index (χ0n) is 19.1. The molecule has 35 heavy (non-hydrogen) atoms. The lowest BCUT2D eigenvalue weighted by Crippen LogP contribution is -2.02. The van der Waals surface area contributed by atoms with E-state index in [9.17, 15) is 0 Å². The van der Waals surface area contributed by atoms with Gasteiger partial charge in [-0.15, -0.1) is 0 Å². The summed E-state index contributed by atoms with van der Waals surface area (Å²) in [7, 11) is 0. The fourth-order valence-electron chi connectivity index (χ4n) is 3.87. The van der Waals surface area contributed by atoms with Crippen molar-refractivity contribution in [2.45, 2.75) is 26.3 Å². The van der Waals surface area contributed by atoms with Crippen molar-refractivity contribution >= 4 is 34.2 Å². The maximum absolute atomic E-state index is 8.97. The molecule has 0 radical (unpaired) electrons. The summed E-state index contributed by atoms with van der Waals surface area (Å²) < 4.78 is 14.2. The molecule has 0 N–H and O–H groups in total. The lowest BCUT2D eigenvalue weighted by Gasteiger charge is -2.14. The molecule has 168 valence electrons. The third-order valence-corrected chi connectivity index (χ3v) is 5.73. The van der Waals surface area contributed by atoms with Crippen LogP contribution in [-0.4, -0.2) is 4.57 Å². The van der Waals surface area contributed by atoms with Gasteiger partial charge in [0.15, 0.2) is 5.58 Å². The number of rotatable bonds is 6. The molecule has 0 spiro atoms. The topological polar surface area (TPSA) is 126 Å². The Morgan fingerprint density at radius 2 is 1.66 bits per heavy atom. The van der Waals surface area contributed by atoms with Gasteiger partial charge in [0.05, 0.1) is 11.0 Å². The molecule has 4 rings (SSSR count). The highest BCUT2D eigenvalue weighted by atomic mass is 16.3. The Bertz CT molecular complexity index is 1660. The predicted octanol–water partition coefficient (Wildman–Crippen LogP) is 7.04. The number of nitrogens with zero attached hydrogens (tertiary/aromatic N) is 5. The third kappa shape index (κ3) is 4.36. The van der Waals surface area contributed by atoms with Crippen LogP contribution in [0.25, 0.3) is 45.5 Å². The predicted molar refractivity (Wildman–Crippen MR) is 132 cm³/mol. The van der Waals surface area contributed by atoms with Gasteiger partial charge in [-0.05, 0) is 49.8 Å². The molecule has 3 heterocycles. The molecule has 0 saturated heterocycles. The van der Waals surface area contributed by atoms with Crippen LogP contribution >= 0.6 is 0 Å². The van der Waals surface area contributed by atoms with Gasteiger partial charge in [-0.2, -0.15) is 21.0 Å². The van der Waals surface area contributed by atoms with Crippen LogP contribution < -0.4 is 0 Å². The largest absolute Gasteiger partial charge is 0.457 e. The van der Waals surface area contributed by atoms with Crippen molar-refractivity contribution in [2.75, 3.05) is 0 Å². The highest BCUT2D eigenvalue weighted by molar-refractivity contribution is 6.06. The van der Waals surface area contributed by atoms with Crippen LogP contribution in [0.15, 0.2) is 68.5 Å². The van der Waals surface area contributed by atoms with Crippen molar-refractivity contribution in [1.82, 2.24) is 4.57 Å². The number of hydrogen-bond donors (Lipinski definition) is 0. The molecule has 7 nitrogen and oxygen atoms in total. The maximum atomic E-state index is 8.97. The second kappa shape index (κ2) is 9.72. The second-order valence-corrected chi connectivity index (χ2v) is 7.87. The Kier molecular flexibility index (Phi) is 6.37. The molecule has 0 fully saturated rings. The van der Waals surface area contributed by atoms with Gasteiger partial charge >= 0.3 is 0 Å². The molecule has 7 heteroatoms. The first-order valence-corrected chi connectivity index (χ1v) is 10.9. The normalized spacial score (nSPS) is 11.5. The fourth-order valence-corrected chi connectivity index (χ4v) is 3.87. The van der Waals surface area contributed by atoms with Crippen molar-refractivity contribution in [1.29, 1.82) is 21.0 Å². The number of hydrogen-bond acceptors (Lipinski definition) is 6. The van der Waals surface area contributed by atoms with Gasteiger partial charge in [0.1, 0.15) is 52.7 Å². The molecule has 0 saturated carbocycles. The third-order valence-electron chi connectivity index (χ3n) is 5.73. The van der Waals surface area contributed by atoms with Gasteiger partial charge in [-0.3, -0.25) is 0 Å². The van der Waals surface area contributed by atoms with Gasteiger partial charge in [-0.1, -0.05) is 19.1 Å². The van der Waals surface area contributed by atoms with E-state index in [0.29, 0.717) is 17.3 Å². The number of nitriles is 4. The first-order valence-electron chi connectivity index (χ1n) is 10.9. The van der Waals surface area contributed by atoms with Crippen LogP contribution in [0.1, 0.15) is 37.8 Å². The van der Waals surface area contributed by atoms with Crippen LogP contribution in [0, 0.1) is 45.3 Å². The van der Waals surface area contributed by atoms with E-state index in [4.69, 9.17) is 29.9 Å². The summed E-state index contributed by atoms with van der Waals surface area (Å²) in [5.41, 5.74) is 3.57. The van der Waals surface area contributed by atoms with E-state index in [0.717, 1.165) is 34.0 Å². The van der Waals surface area contributed by atoms with Crippen LogP contribution in [0.5, 0.6) is 0 Å². The zero-order chi connectivity index (χ0) is 24.9. The van der Waals surface area contributed by atoms with Crippen molar-refractivity contribution in [2.24, 2.45) is 0 Å². The van der Waals surface area contributed by atoms with Crippen LogP contribution in [0.2, 0.25) is 0 Å². The molecule has 1 unspecified atom stereocenters. The lowest BCUT2D eigenvalue weighted by atomic mass is 10.1. The number of allylic oxidation sites excluding steroid dienone is 4. The Hall–Kier alpha value is -5.24. The molecule has 0 aliphatic heterocycles. The molecule has 1 atom stereocenters. The van der Waals surface area contributed by atoms with Crippen molar-refractivity contribution in [3.05, 3.63) is 71.2 Å². The minimum atomic E-state index is -0.0239. The molecular weight excluding hydrogens is 438 g/mol. The number of benzene rings is 1. The van der Waals surface area contributed by atoms with Gasteiger partial charge in [0.25, 0.3) is 0 Å². The highest BCUT2D eigenvalue weighted by Crippen LogP contribution is 2.37. The Morgan fingerprint density at radius 1 is 0.914 bits per heavy atom. The van der Waals surface area contributed by atoms with E-state index in [1.54, 1.807) is 18.2 Å². The van der Waals surface area contributed by atoms with E-state index in [2.05, 4.69) is 18.4 Å². The van der Waals surface area contributed by atoms with E-state index in [1.807, 2.05) is 54.6 Å². The molecule has 0 aliphatic rings. The lowest BCUT2D eigenvalue weighted by molar-refractivity contribution is 0.561. The van der Waals surface area contributed by atoms with E-state index >= 15 is 0 Å². The molecule has 1 aromatic carbocycles. The molecule has 4 aromatic rings. The fraction of sp³-hybridized carbons (Fsp3) is 0.143. The van der Waals surface area contributed by atoms with Gasteiger partial charge in [0, 0.05) is 29.1 Å². The summed E-state index contributed by atoms with van der Waals surface area (Å²) in [5, 5.41) is 36.7. The van der Waals surface area contributed by atoms with Crippen LogP contribution in [0.3, 0.4) is 0 Å². The van der Waals surface area contributed by atoms with Crippen molar-refractivity contribution in [3.8, 4) is 35.6 Å². The summed E-state index contributed by atoms with van der Waals surface area (Å²) in [6.07, 6.45) is 7.13. The van der Waals surface area contributed by atoms with E-state index < -0.39 is 0 Å². The summed E-state index contributed by atoms with van der Waals surface area (Å²) >= 11 is 0. The van der Waals surface area contributed by atoms with Gasteiger partial charge < -0.3 is 13.4 Å². The summed E-state index contributed by atoms with van der Waals surface area (Å²) in [4.78, 5) is 0. The quantitative estimate of drug-likeness (QED) is 0.226. The minimum absolute atomic E-state index is 0.0208. The molecule has 0 aliphatic carbocycles. The van der Waals surface area contributed by atoms with E-state index in [-0.39, 0.29) is 17.2 Å². The Morgan fingerprint density at radius 3 is 2.34 bits per heavy atom. The summed E-state index contributed by atoms with van der Waals surface area (Å²) in [5.74, 6) is 1.69. The van der Waals surface area contributed by atoms with Crippen LogP contribution in [0.4, 0.5) is 0 Å². The van der Waals surface area contributed by atoms with E-state index in [1.165, 1.54) is 12.2 Å². The monoisotopic (exact) mass is 457 g/mol.